The number of nitrogens with one attached hydrogen (secondary N) is 2. The number of likely N-dealkylation sites (tertiary alicyclic amines) is 1. The van der Waals surface area contributed by atoms with Crippen LogP contribution in [0.5, 0.6) is 0 Å². The highest BCUT2D eigenvalue weighted by Gasteiger charge is 2.44. The van der Waals surface area contributed by atoms with Crippen molar-refractivity contribution in [3.63, 3.8) is 0 Å². The van der Waals surface area contributed by atoms with Gasteiger partial charge in [-0.15, -0.1) is 0 Å². The molecule has 4 atom stereocenters. The van der Waals surface area contributed by atoms with Crippen LogP contribution in [0.15, 0.2) is 59.5 Å². The van der Waals surface area contributed by atoms with Crippen LogP contribution >= 0.6 is 0 Å². The van der Waals surface area contributed by atoms with Crippen LogP contribution in [0.25, 0.3) is 0 Å². The topological polar surface area (TPSA) is 70.8 Å². The third-order valence-electron chi connectivity index (χ3n) is 6.00. The molecule has 0 radical (unpaired) electrons. The summed E-state index contributed by atoms with van der Waals surface area (Å²) >= 11 is 0. The van der Waals surface area contributed by atoms with E-state index in [0.29, 0.717) is 11.3 Å². The van der Waals surface area contributed by atoms with Gasteiger partial charge in [-0.1, -0.05) is 42.5 Å². The predicted molar refractivity (Wildman–Crippen MR) is 104 cm³/mol. The Morgan fingerprint density at radius 1 is 1.04 bits per heavy atom. The molecule has 5 nitrogen and oxygen atoms in total. The van der Waals surface area contributed by atoms with Crippen LogP contribution < -0.4 is 9.62 Å². The van der Waals surface area contributed by atoms with Gasteiger partial charge in [0.15, 0.2) is 0 Å². The van der Waals surface area contributed by atoms with Gasteiger partial charge >= 0.3 is 0 Å². The minimum Gasteiger partial charge on any atom is -0.390 e. The Hall–Kier alpha value is -1.73. The lowest BCUT2D eigenvalue weighted by atomic mass is 9.96. The van der Waals surface area contributed by atoms with Crippen molar-refractivity contribution in [3.05, 3.63) is 65.7 Å². The number of piperidine rings is 1. The van der Waals surface area contributed by atoms with Crippen LogP contribution in [-0.4, -0.2) is 38.8 Å². The molecule has 2 aromatic carbocycles. The summed E-state index contributed by atoms with van der Waals surface area (Å²) in [4.78, 5) is 1.61. The minimum atomic E-state index is -3.58. The molecule has 0 amide bonds. The van der Waals surface area contributed by atoms with Crippen LogP contribution in [-0.2, 0) is 16.4 Å². The molecule has 0 aromatic heterocycles. The average Bonchev–Trinajstić information content (AvgIpc) is 3.05. The van der Waals surface area contributed by atoms with Crippen molar-refractivity contribution in [1.82, 2.24) is 4.72 Å². The highest BCUT2D eigenvalue weighted by atomic mass is 32.2. The Bertz CT molecular complexity index is 885. The lowest BCUT2D eigenvalue weighted by Gasteiger charge is -2.38. The van der Waals surface area contributed by atoms with Gasteiger partial charge in [-0.25, -0.2) is 13.1 Å². The maximum atomic E-state index is 12.9. The highest BCUT2D eigenvalue weighted by molar-refractivity contribution is 7.89. The van der Waals surface area contributed by atoms with Gasteiger partial charge in [0, 0.05) is 12.0 Å². The largest absolute Gasteiger partial charge is 0.390 e. The molecule has 144 valence electrons. The SMILES string of the molecule is O=S(=O)(N[C@H]1Cc2ccccc2[C@H]1[NH+]1CCCC[C@@H]1CO)c1ccccc1. The molecule has 0 spiro atoms. The molecule has 0 saturated carbocycles. The molecule has 3 N–H and O–H groups in total. The van der Waals surface area contributed by atoms with Crippen LogP contribution in [0.3, 0.4) is 0 Å². The molecular formula is C21H27N2O3S+. The second-order valence-corrected chi connectivity index (χ2v) is 9.34. The van der Waals surface area contributed by atoms with Crippen molar-refractivity contribution >= 4 is 10.0 Å². The van der Waals surface area contributed by atoms with Gasteiger partial charge in [0.05, 0.1) is 24.1 Å². The molecule has 1 aliphatic carbocycles. The van der Waals surface area contributed by atoms with Crippen molar-refractivity contribution in [2.45, 2.75) is 48.7 Å². The number of rotatable bonds is 5. The van der Waals surface area contributed by atoms with Gasteiger partial charge in [-0.05, 0) is 37.0 Å². The lowest BCUT2D eigenvalue weighted by Crippen LogP contribution is -3.18. The number of hydrogen-bond acceptors (Lipinski definition) is 3. The summed E-state index contributed by atoms with van der Waals surface area (Å²) < 4.78 is 28.9. The Morgan fingerprint density at radius 3 is 2.56 bits per heavy atom. The summed E-state index contributed by atoms with van der Waals surface area (Å²) in [6, 6.07) is 16.8. The van der Waals surface area contributed by atoms with Crippen molar-refractivity contribution in [2.75, 3.05) is 13.2 Å². The Kier molecular flexibility index (Phi) is 5.32. The maximum absolute atomic E-state index is 12.9. The first-order chi connectivity index (χ1) is 13.1. The fraction of sp³-hybridized carbons (Fsp3) is 0.429. The average molecular weight is 388 g/mol. The van der Waals surface area contributed by atoms with Crippen molar-refractivity contribution in [1.29, 1.82) is 0 Å². The molecule has 1 saturated heterocycles. The zero-order valence-electron chi connectivity index (χ0n) is 15.3. The van der Waals surface area contributed by atoms with E-state index in [4.69, 9.17) is 0 Å². The highest BCUT2D eigenvalue weighted by Crippen LogP contribution is 2.31. The van der Waals surface area contributed by atoms with Gasteiger partial charge in [-0.2, -0.15) is 0 Å². The second kappa shape index (κ2) is 7.72. The lowest BCUT2D eigenvalue weighted by molar-refractivity contribution is -0.961. The Balaban J connectivity index is 1.67. The summed E-state index contributed by atoms with van der Waals surface area (Å²) in [7, 11) is -3.58. The zero-order chi connectivity index (χ0) is 18.9. The quantitative estimate of drug-likeness (QED) is 0.719. The molecule has 27 heavy (non-hydrogen) atoms. The fourth-order valence-corrected chi connectivity index (χ4v) is 6.03. The number of fused-ring (bicyclic) bond motifs is 1. The third-order valence-corrected chi connectivity index (χ3v) is 7.51. The van der Waals surface area contributed by atoms with E-state index >= 15 is 0 Å². The van der Waals surface area contributed by atoms with E-state index in [-0.39, 0.29) is 24.7 Å². The number of hydrogen-bond donors (Lipinski definition) is 3. The van der Waals surface area contributed by atoms with E-state index in [1.807, 2.05) is 18.2 Å². The molecule has 1 unspecified atom stereocenters. The van der Waals surface area contributed by atoms with E-state index in [1.54, 1.807) is 24.3 Å². The summed E-state index contributed by atoms with van der Waals surface area (Å²) in [5.74, 6) is 0. The maximum Gasteiger partial charge on any atom is 0.241 e. The molecule has 1 heterocycles. The molecular weight excluding hydrogens is 360 g/mol. The number of quaternary nitrogens is 1. The molecule has 6 heteroatoms. The first-order valence-electron chi connectivity index (χ1n) is 9.72. The predicted octanol–water partition coefficient (Wildman–Crippen LogP) is 1.06. The van der Waals surface area contributed by atoms with Crippen LogP contribution in [0.4, 0.5) is 0 Å². The van der Waals surface area contributed by atoms with Gasteiger partial charge < -0.3 is 10.0 Å². The fourth-order valence-electron chi connectivity index (χ4n) is 4.76. The molecule has 2 aliphatic rings. The van der Waals surface area contributed by atoms with Crippen LogP contribution in [0.1, 0.15) is 36.4 Å². The monoisotopic (exact) mass is 387 g/mol. The Labute approximate surface area is 161 Å². The standard InChI is InChI=1S/C21H26N2O3S/c24-15-17-9-6-7-13-23(17)21-19-12-5-4-8-16(19)14-20(21)22-27(25,26)18-10-2-1-3-11-18/h1-5,8,10-12,17,20-22,24H,6-7,9,13-15H2/p+1/t17-,20+,21-/m1/s1. The summed E-state index contributed by atoms with van der Waals surface area (Å²) in [5.41, 5.74) is 2.42. The van der Waals surface area contributed by atoms with Crippen molar-refractivity contribution < 1.29 is 18.4 Å². The van der Waals surface area contributed by atoms with Crippen molar-refractivity contribution in [2.24, 2.45) is 0 Å². The smallest absolute Gasteiger partial charge is 0.241 e. The van der Waals surface area contributed by atoms with E-state index in [1.165, 1.54) is 16.0 Å². The van der Waals surface area contributed by atoms with E-state index < -0.39 is 10.0 Å². The van der Waals surface area contributed by atoms with Crippen LogP contribution in [0.2, 0.25) is 0 Å². The van der Waals surface area contributed by atoms with Crippen molar-refractivity contribution in [3.8, 4) is 0 Å². The molecule has 1 fully saturated rings. The third kappa shape index (κ3) is 3.67. The van der Waals surface area contributed by atoms with E-state index in [9.17, 15) is 13.5 Å². The Morgan fingerprint density at radius 2 is 1.78 bits per heavy atom. The first-order valence-corrected chi connectivity index (χ1v) is 11.2. The number of sulfonamides is 1. The second-order valence-electron chi connectivity index (χ2n) is 7.62. The molecule has 4 rings (SSSR count). The molecule has 1 aliphatic heterocycles. The van der Waals surface area contributed by atoms with Gasteiger partial charge in [0.2, 0.25) is 10.0 Å². The van der Waals surface area contributed by atoms with E-state index in [0.717, 1.165) is 25.8 Å². The van der Waals surface area contributed by atoms with E-state index in [2.05, 4.69) is 16.9 Å². The summed E-state index contributed by atoms with van der Waals surface area (Å²) in [6.45, 7) is 1.11. The van der Waals surface area contributed by atoms with Gasteiger partial charge in [0.1, 0.15) is 12.1 Å². The van der Waals surface area contributed by atoms with Gasteiger partial charge in [-0.3, -0.25) is 0 Å². The number of aliphatic hydroxyl groups is 1. The summed E-state index contributed by atoms with van der Waals surface area (Å²) in [5, 5.41) is 9.91. The number of benzene rings is 2. The van der Waals surface area contributed by atoms with Gasteiger partial charge in [0.25, 0.3) is 0 Å². The molecule has 0 bridgehead atoms. The minimum absolute atomic E-state index is 0.0390. The van der Waals surface area contributed by atoms with Crippen LogP contribution in [0, 0.1) is 0 Å². The normalized spacial score (nSPS) is 28.0. The first kappa shape index (κ1) is 18.6. The zero-order valence-corrected chi connectivity index (χ0v) is 16.2. The summed E-state index contributed by atoms with van der Waals surface area (Å²) in [6.07, 6.45) is 3.92. The molecule has 2 aromatic rings. The number of aliphatic hydroxyl groups excluding tert-OH is 1.